The number of amides is 1. The molecule has 1 atom stereocenters. The second-order valence-corrected chi connectivity index (χ2v) is 3.97. The second-order valence-electron chi connectivity index (χ2n) is 3.97. The van der Waals surface area contributed by atoms with E-state index in [4.69, 9.17) is 4.42 Å². The predicted molar refractivity (Wildman–Crippen MR) is 70.9 cm³/mol. The maximum Gasteiger partial charge on any atom is 0.287 e. The van der Waals surface area contributed by atoms with Gasteiger partial charge in [-0.3, -0.25) is 4.79 Å². The van der Waals surface area contributed by atoms with Crippen LogP contribution in [0, 0.1) is 6.92 Å². The van der Waals surface area contributed by atoms with Crippen LogP contribution in [-0.4, -0.2) is 25.5 Å². The molecule has 1 aromatic rings. The molecule has 2 N–H and O–H groups in total. The minimum atomic E-state index is -0.148. The van der Waals surface area contributed by atoms with Crippen LogP contribution in [0.3, 0.4) is 0 Å². The molecule has 0 fully saturated rings. The third kappa shape index (κ3) is 4.40. The standard InChI is InChI=1S/C12H20N2O2.ClH/c1-5-10-8(2)6-11(16-10)12(15)14-7-9(3)13-4;/h6,9,13H,5,7H2,1-4H3,(H,14,15);1H. The summed E-state index contributed by atoms with van der Waals surface area (Å²) in [4.78, 5) is 11.7. The van der Waals surface area contributed by atoms with Gasteiger partial charge in [0.1, 0.15) is 5.76 Å². The molecule has 1 aromatic heterocycles. The van der Waals surface area contributed by atoms with Gasteiger partial charge in [0.05, 0.1) is 0 Å². The number of hydrogen-bond acceptors (Lipinski definition) is 3. The van der Waals surface area contributed by atoms with E-state index in [1.807, 2.05) is 27.8 Å². The average Bonchev–Trinajstić information content (AvgIpc) is 2.66. The van der Waals surface area contributed by atoms with Crippen LogP contribution in [0.1, 0.15) is 35.7 Å². The first-order valence-electron chi connectivity index (χ1n) is 5.63. The van der Waals surface area contributed by atoms with Gasteiger partial charge in [-0.05, 0) is 32.5 Å². The number of hydrogen-bond donors (Lipinski definition) is 2. The molecule has 0 aliphatic carbocycles. The first-order valence-corrected chi connectivity index (χ1v) is 5.63. The van der Waals surface area contributed by atoms with Gasteiger partial charge < -0.3 is 15.1 Å². The monoisotopic (exact) mass is 260 g/mol. The van der Waals surface area contributed by atoms with E-state index in [-0.39, 0.29) is 24.4 Å². The highest BCUT2D eigenvalue weighted by Crippen LogP contribution is 2.14. The van der Waals surface area contributed by atoms with Crippen LogP contribution in [0.5, 0.6) is 0 Å². The molecule has 1 heterocycles. The largest absolute Gasteiger partial charge is 0.456 e. The summed E-state index contributed by atoms with van der Waals surface area (Å²) in [6.07, 6.45) is 0.812. The quantitative estimate of drug-likeness (QED) is 0.850. The van der Waals surface area contributed by atoms with Gasteiger partial charge in [0.2, 0.25) is 0 Å². The van der Waals surface area contributed by atoms with Gasteiger partial charge >= 0.3 is 0 Å². The summed E-state index contributed by atoms with van der Waals surface area (Å²) in [5, 5.41) is 5.87. The molecule has 0 saturated carbocycles. The van der Waals surface area contributed by atoms with Crippen LogP contribution >= 0.6 is 12.4 Å². The Morgan fingerprint density at radius 3 is 2.65 bits per heavy atom. The minimum absolute atomic E-state index is 0. The van der Waals surface area contributed by atoms with Crippen molar-refractivity contribution in [1.82, 2.24) is 10.6 Å². The van der Waals surface area contributed by atoms with Gasteiger partial charge in [-0.25, -0.2) is 0 Å². The lowest BCUT2D eigenvalue weighted by atomic mass is 10.2. The van der Waals surface area contributed by atoms with E-state index >= 15 is 0 Å². The van der Waals surface area contributed by atoms with E-state index < -0.39 is 0 Å². The van der Waals surface area contributed by atoms with E-state index in [1.165, 1.54) is 0 Å². The molecular formula is C12H21ClN2O2. The van der Waals surface area contributed by atoms with Crippen LogP contribution in [0.2, 0.25) is 0 Å². The van der Waals surface area contributed by atoms with Crippen molar-refractivity contribution in [2.45, 2.75) is 33.2 Å². The number of carbonyl (C=O) groups is 1. The van der Waals surface area contributed by atoms with Crippen molar-refractivity contribution in [2.75, 3.05) is 13.6 Å². The van der Waals surface area contributed by atoms with Crippen LogP contribution in [-0.2, 0) is 6.42 Å². The normalized spacial score (nSPS) is 11.8. The second kappa shape index (κ2) is 7.35. The zero-order chi connectivity index (χ0) is 12.1. The van der Waals surface area contributed by atoms with E-state index in [9.17, 15) is 4.79 Å². The topological polar surface area (TPSA) is 54.3 Å². The van der Waals surface area contributed by atoms with Gasteiger partial charge in [0.25, 0.3) is 5.91 Å². The maximum atomic E-state index is 11.7. The number of carbonyl (C=O) groups excluding carboxylic acids is 1. The highest BCUT2D eigenvalue weighted by molar-refractivity contribution is 5.91. The number of furan rings is 1. The van der Waals surface area contributed by atoms with Gasteiger partial charge in [-0.2, -0.15) is 0 Å². The lowest BCUT2D eigenvalue weighted by Gasteiger charge is -2.09. The van der Waals surface area contributed by atoms with Crippen LogP contribution in [0.4, 0.5) is 0 Å². The molecule has 0 bridgehead atoms. The zero-order valence-electron chi connectivity index (χ0n) is 10.8. The summed E-state index contributed by atoms with van der Waals surface area (Å²) in [6, 6.07) is 2.05. The molecule has 0 aromatic carbocycles. The van der Waals surface area contributed by atoms with Gasteiger partial charge in [-0.15, -0.1) is 12.4 Å². The molecule has 4 nitrogen and oxygen atoms in total. The Hall–Kier alpha value is -1.00. The minimum Gasteiger partial charge on any atom is -0.456 e. The highest BCUT2D eigenvalue weighted by Gasteiger charge is 2.13. The fourth-order valence-electron chi connectivity index (χ4n) is 1.42. The zero-order valence-corrected chi connectivity index (χ0v) is 11.6. The average molecular weight is 261 g/mol. The van der Waals surface area contributed by atoms with Crippen molar-refractivity contribution >= 4 is 18.3 Å². The number of rotatable bonds is 5. The molecule has 0 radical (unpaired) electrons. The van der Waals surface area contributed by atoms with Crippen LogP contribution in [0.15, 0.2) is 10.5 Å². The Balaban J connectivity index is 0.00000256. The maximum absolute atomic E-state index is 11.7. The van der Waals surface area contributed by atoms with Crippen molar-refractivity contribution in [2.24, 2.45) is 0 Å². The number of nitrogens with one attached hydrogen (secondary N) is 2. The summed E-state index contributed by atoms with van der Waals surface area (Å²) < 4.78 is 5.46. The third-order valence-corrected chi connectivity index (χ3v) is 2.63. The molecule has 0 saturated heterocycles. The Morgan fingerprint density at radius 1 is 1.53 bits per heavy atom. The molecule has 1 rings (SSSR count). The first kappa shape index (κ1) is 16.0. The molecule has 0 aliphatic rings. The van der Waals surface area contributed by atoms with Crippen molar-refractivity contribution in [3.8, 4) is 0 Å². The molecular weight excluding hydrogens is 240 g/mol. The Labute approximate surface area is 109 Å². The lowest BCUT2D eigenvalue weighted by molar-refractivity contribution is 0.0921. The molecule has 98 valence electrons. The van der Waals surface area contributed by atoms with E-state index in [0.717, 1.165) is 17.7 Å². The van der Waals surface area contributed by atoms with Crippen molar-refractivity contribution in [3.63, 3.8) is 0 Å². The highest BCUT2D eigenvalue weighted by atomic mass is 35.5. The Bertz CT molecular complexity index is 363. The molecule has 17 heavy (non-hydrogen) atoms. The summed E-state index contributed by atoms with van der Waals surface area (Å²) in [7, 11) is 1.86. The van der Waals surface area contributed by atoms with Gasteiger partial charge in [0, 0.05) is 19.0 Å². The van der Waals surface area contributed by atoms with Crippen molar-refractivity contribution in [3.05, 3.63) is 23.2 Å². The van der Waals surface area contributed by atoms with Crippen LogP contribution in [0.25, 0.3) is 0 Å². The summed E-state index contributed by atoms with van der Waals surface area (Å²) in [5.41, 5.74) is 1.04. The molecule has 0 spiro atoms. The SMILES string of the molecule is CCc1oc(C(=O)NCC(C)NC)cc1C.Cl. The summed E-state index contributed by atoms with van der Waals surface area (Å²) in [5.74, 6) is 1.13. The van der Waals surface area contributed by atoms with E-state index in [0.29, 0.717) is 12.3 Å². The fourth-order valence-corrected chi connectivity index (χ4v) is 1.42. The Morgan fingerprint density at radius 2 is 2.18 bits per heavy atom. The molecule has 5 heteroatoms. The van der Waals surface area contributed by atoms with Crippen molar-refractivity contribution < 1.29 is 9.21 Å². The summed E-state index contributed by atoms with van der Waals surface area (Å²) in [6.45, 7) is 6.56. The lowest BCUT2D eigenvalue weighted by Crippen LogP contribution is -2.37. The molecule has 0 aliphatic heterocycles. The van der Waals surface area contributed by atoms with E-state index in [2.05, 4.69) is 10.6 Å². The third-order valence-electron chi connectivity index (χ3n) is 2.63. The van der Waals surface area contributed by atoms with Crippen molar-refractivity contribution in [1.29, 1.82) is 0 Å². The van der Waals surface area contributed by atoms with E-state index in [1.54, 1.807) is 6.07 Å². The summed E-state index contributed by atoms with van der Waals surface area (Å²) >= 11 is 0. The van der Waals surface area contributed by atoms with Crippen LogP contribution < -0.4 is 10.6 Å². The molecule has 1 unspecified atom stereocenters. The fraction of sp³-hybridized carbons (Fsp3) is 0.583. The van der Waals surface area contributed by atoms with Gasteiger partial charge in [0.15, 0.2) is 5.76 Å². The molecule has 1 amide bonds. The smallest absolute Gasteiger partial charge is 0.287 e. The first-order chi connectivity index (χ1) is 7.58. The predicted octanol–water partition coefficient (Wildman–Crippen LogP) is 1.91. The number of aryl methyl sites for hydroxylation is 2. The van der Waals surface area contributed by atoms with Gasteiger partial charge in [-0.1, -0.05) is 6.92 Å². The number of likely N-dealkylation sites (N-methyl/N-ethyl adjacent to an activating group) is 1. The number of halogens is 1. The Kier molecular flexibility index (Phi) is 6.92.